The number of hydrogen-bond donors (Lipinski definition) is 2. The zero-order valence-corrected chi connectivity index (χ0v) is 12.6. The maximum absolute atomic E-state index is 11.9. The molecule has 5 heteroatoms. The van der Waals surface area contributed by atoms with Crippen molar-refractivity contribution >= 4 is 5.91 Å². The second kappa shape index (κ2) is 7.71. The minimum atomic E-state index is -0.201. The molecule has 0 radical (unpaired) electrons. The average molecular weight is 259 g/mol. The van der Waals surface area contributed by atoms with Crippen molar-refractivity contribution in [2.75, 3.05) is 27.3 Å². The number of rotatable bonds is 7. The Bertz CT molecular complexity index is 251. The summed E-state index contributed by atoms with van der Waals surface area (Å²) < 4.78 is 5.12. The molecule has 1 amide bonds. The van der Waals surface area contributed by atoms with Crippen molar-refractivity contribution in [1.29, 1.82) is 0 Å². The van der Waals surface area contributed by atoms with E-state index in [0.717, 1.165) is 0 Å². The number of nitrogens with one attached hydrogen (secondary N) is 1. The summed E-state index contributed by atoms with van der Waals surface area (Å²) in [5.74, 6) is 0.0365. The molecule has 2 unspecified atom stereocenters. The van der Waals surface area contributed by atoms with E-state index >= 15 is 0 Å². The number of methoxy groups -OCH3 is 1. The van der Waals surface area contributed by atoms with Crippen LogP contribution in [0.5, 0.6) is 0 Å². The van der Waals surface area contributed by atoms with Gasteiger partial charge in [0, 0.05) is 37.7 Å². The zero-order valence-electron chi connectivity index (χ0n) is 12.6. The number of carbonyl (C=O) groups excluding carboxylic acids is 1. The number of amides is 1. The van der Waals surface area contributed by atoms with Crippen LogP contribution in [0.25, 0.3) is 0 Å². The minimum absolute atomic E-state index is 0.0365. The van der Waals surface area contributed by atoms with E-state index in [2.05, 4.69) is 17.1 Å². The number of carbonyl (C=O) groups is 1. The van der Waals surface area contributed by atoms with Crippen LogP contribution in [0.4, 0.5) is 0 Å². The van der Waals surface area contributed by atoms with E-state index in [9.17, 15) is 4.79 Å². The van der Waals surface area contributed by atoms with Gasteiger partial charge in [-0.1, -0.05) is 0 Å². The molecular formula is C13H29N3O2. The Kier molecular flexibility index (Phi) is 7.43. The first kappa shape index (κ1) is 17.4. The van der Waals surface area contributed by atoms with Crippen LogP contribution in [-0.2, 0) is 9.53 Å². The quantitative estimate of drug-likeness (QED) is 0.702. The summed E-state index contributed by atoms with van der Waals surface area (Å²) in [6, 6.07) is 0.281. The van der Waals surface area contributed by atoms with Gasteiger partial charge in [0.15, 0.2) is 0 Å². The standard InChI is InChI=1S/C13H29N3O2/c1-10(9-18-6)16(5)11(8-14)7-12(17)15-13(2,3)4/h10-11H,7-9,14H2,1-6H3,(H,15,17). The molecule has 0 aliphatic heterocycles. The first-order valence-electron chi connectivity index (χ1n) is 6.43. The van der Waals surface area contributed by atoms with Gasteiger partial charge in [-0.2, -0.15) is 0 Å². The van der Waals surface area contributed by atoms with E-state index in [4.69, 9.17) is 10.5 Å². The normalized spacial score (nSPS) is 15.6. The second-order valence-corrected chi connectivity index (χ2v) is 5.86. The van der Waals surface area contributed by atoms with E-state index in [0.29, 0.717) is 19.6 Å². The lowest BCUT2D eigenvalue weighted by molar-refractivity contribution is -0.123. The molecule has 0 rings (SSSR count). The van der Waals surface area contributed by atoms with Gasteiger partial charge >= 0.3 is 0 Å². The van der Waals surface area contributed by atoms with Crippen molar-refractivity contribution in [1.82, 2.24) is 10.2 Å². The first-order valence-corrected chi connectivity index (χ1v) is 6.43. The largest absolute Gasteiger partial charge is 0.383 e. The molecule has 5 nitrogen and oxygen atoms in total. The van der Waals surface area contributed by atoms with Crippen LogP contribution < -0.4 is 11.1 Å². The van der Waals surface area contributed by atoms with Crippen LogP contribution in [0.1, 0.15) is 34.1 Å². The van der Waals surface area contributed by atoms with Crippen LogP contribution in [0, 0.1) is 0 Å². The molecular weight excluding hydrogens is 230 g/mol. The van der Waals surface area contributed by atoms with Gasteiger partial charge < -0.3 is 15.8 Å². The molecule has 0 aliphatic carbocycles. The van der Waals surface area contributed by atoms with Crippen molar-refractivity contribution in [2.24, 2.45) is 5.73 Å². The smallest absolute Gasteiger partial charge is 0.222 e. The van der Waals surface area contributed by atoms with Crippen LogP contribution in [0.15, 0.2) is 0 Å². The Morgan fingerprint density at radius 3 is 2.39 bits per heavy atom. The van der Waals surface area contributed by atoms with Gasteiger partial charge in [0.1, 0.15) is 0 Å². The third kappa shape index (κ3) is 6.93. The van der Waals surface area contributed by atoms with Crippen molar-refractivity contribution in [3.63, 3.8) is 0 Å². The molecule has 0 aromatic carbocycles. The second-order valence-electron chi connectivity index (χ2n) is 5.86. The number of likely N-dealkylation sites (N-methyl/N-ethyl adjacent to an activating group) is 1. The fraction of sp³-hybridized carbons (Fsp3) is 0.923. The minimum Gasteiger partial charge on any atom is -0.383 e. The fourth-order valence-corrected chi connectivity index (χ4v) is 1.80. The van der Waals surface area contributed by atoms with Gasteiger partial charge in [-0.15, -0.1) is 0 Å². The lowest BCUT2D eigenvalue weighted by atomic mass is 10.1. The molecule has 0 aromatic heterocycles. The lowest BCUT2D eigenvalue weighted by Crippen LogP contribution is -2.49. The van der Waals surface area contributed by atoms with Crippen molar-refractivity contribution in [3.8, 4) is 0 Å². The Morgan fingerprint density at radius 2 is 2.00 bits per heavy atom. The molecule has 18 heavy (non-hydrogen) atoms. The Balaban J connectivity index is 4.37. The maximum atomic E-state index is 11.9. The molecule has 0 fully saturated rings. The average Bonchev–Trinajstić information content (AvgIpc) is 2.22. The summed E-state index contributed by atoms with van der Waals surface area (Å²) in [5, 5.41) is 2.96. The number of nitrogens with zero attached hydrogens (tertiary/aromatic N) is 1. The fourth-order valence-electron chi connectivity index (χ4n) is 1.80. The summed E-state index contributed by atoms with van der Waals surface area (Å²) in [6.45, 7) is 9.07. The third-order valence-electron chi connectivity index (χ3n) is 2.89. The van der Waals surface area contributed by atoms with E-state index in [1.807, 2.05) is 27.8 Å². The number of ether oxygens (including phenoxy) is 1. The lowest BCUT2D eigenvalue weighted by Gasteiger charge is -2.32. The van der Waals surface area contributed by atoms with Gasteiger partial charge in [-0.05, 0) is 34.7 Å². The summed E-state index contributed by atoms with van der Waals surface area (Å²) in [6.07, 6.45) is 0.415. The van der Waals surface area contributed by atoms with Crippen LogP contribution in [-0.4, -0.2) is 55.7 Å². The highest BCUT2D eigenvalue weighted by Crippen LogP contribution is 2.08. The molecule has 0 saturated carbocycles. The topological polar surface area (TPSA) is 67.6 Å². The van der Waals surface area contributed by atoms with Gasteiger partial charge in [-0.25, -0.2) is 0 Å². The van der Waals surface area contributed by atoms with Gasteiger partial charge in [0.05, 0.1) is 6.61 Å². The summed E-state index contributed by atoms with van der Waals surface area (Å²) in [5.41, 5.74) is 5.56. The molecule has 3 N–H and O–H groups in total. The van der Waals surface area contributed by atoms with E-state index in [-0.39, 0.29) is 23.5 Å². The molecule has 0 aromatic rings. The van der Waals surface area contributed by atoms with Gasteiger partial charge in [0.2, 0.25) is 5.91 Å². The van der Waals surface area contributed by atoms with Gasteiger partial charge in [0.25, 0.3) is 0 Å². The molecule has 0 heterocycles. The molecule has 0 saturated heterocycles. The maximum Gasteiger partial charge on any atom is 0.222 e. The van der Waals surface area contributed by atoms with E-state index in [1.54, 1.807) is 7.11 Å². The molecule has 0 spiro atoms. The van der Waals surface area contributed by atoms with E-state index in [1.165, 1.54) is 0 Å². The SMILES string of the molecule is COCC(C)N(C)C(CN)CC(=O)NC(C)(C)C. The summed E-state index contributed by atoms with van der Waals surface area (Å²) in [4.78, 5) is 14.0. The highest BCUT2D eigenvalue weighted by Gasteiger charge is 2.23. The summed E-state index contributed by atoms with van der Waals surface area (Å²) >= 11 is 0. The highest BCUT2D eigenvalue weighted by atomic mass is 16.5. The van der Waals surface area contributed by atoms with Gasteiger partial charge in [-0.3, -0.25) is 9.69 Å². The highest BCUT2D eigenvalue weighted by molar-refractivity contribution is 5.77. The van der Waals surface area contributed by atoms with Crippen molar-refractivity contribution in [2.45, 2.75) is 51.7 Å². The summed E-state index contributed by atoms with van der Waals surface area (Å²) in [7, 11) is 3.65. The van der Waals surface area contributed by atoms with Crippen LogP contribution in [0.3, 0.4) is 0 Å². The Morgan fingerprint density at radius 1 is 1.44 bits per heavy atom. The molecule has 0 bridgehead atoms. The number of nitrogens with two attached hydrogens (primary N) is 1. The number of hydrogen-bond acceptors (Lipinski definition) is 4. The predicted molar refractivity (Wildman–Crippen MR) is 74.5 cm³/mol. The molecule has 2 atom stereocenters. The van der Waals surface area contributed by atoms with Crippen LogP contribution in [0.2, 0.25) is 0 Å². The van der Waals surface area contributed by atoms with E-state index < -0.39 is 0 Å². The predicted octanol–water partition coefficient (Wildman–Crippen LogP) is 0.585. The first-order chi connectivity index (χ1) is 8.21. The third-order valence-corrected chi connectivity index (χ3v) is 2.89. The van der Waals surface area contributed by atoms with Crippen molar-refractivity contribution < 1.29 is 9.53 Å². The molecule has 0 aliphatic rings. The molecule has 108 valence electrons. The van der Waals surface area contributed by atoms with Crippen molar-refractivity contribution in [3.05, 3.63) is 0 Å². The zero-order chi connectivity index (χ0) is 14.3. The monoisotopic (exact) mass is 259 g/mol. The Labute approximate surface area is 111 Å². The van der Waals surface area contributed by atoms with Crippen LogP contribution >= 0.6 is 0 Å². The Hall–Kier alpha value is -0.650.